The van der Waals surface area contributed by atoms with E-state index in [1.54, 1.807) is 0 Å². The van der Waals surface area contributed by atoms with Crippen LogP contribution in [-0.4, -0.2) is 18.2 Å². The lowest BCUT2D eigenvalue weighted by molar-refractivity contribution is -0.312. The molecule has 1 atom stereocenters. The molecule has 0 N–H and O–H groups in total. The average molecular weight is 129 g/mol. The summed E-state index contributed by atoms with van der Waals surface area (Å²) in [6.45, 7) is 2.26. The van der Waals surface area contributed by atoms with Crippen molar-refractivity contribution < 1.29 is 14.6 Å². The van der Waals surface area contributed by atoms with Crippen LogP contribution in [0.1, 0.15) is 19.8 Å². The minimum Gasteiger partial charge on any atom is -0.547 e. The fraction of sp³-hybridized carbons (Fsp3) is 0.833. The first-order valence-corrected chi connectivity index (χ1v) is 3.07. The number of hydrogen-bond donors (Lipinski definition) is 0. The van der Waals surface area contributed by atoms with Crippen LogP contribution in [0.5, 0.6) is 0 Å². The zero-order valence-corrected chi connectivity index (χ0v) is 5.35. The van der Waals surface area contributed by atoms with E-state index in [-0.39, 0.29) is 0 Å². The Labute approximate surface area is 53.6 Å². The van der Waals surface area contributed by atoms with Gasteiger partial charge in [0.15, 0.2) is 0 Å². The molecular formula is C6H9O3-. The smallest absolute Gasteiger partial charge is 0.131 e. The molecule has 0 aromatic heterocycles. The minimum absolute atomic E-state index is 0.336. The molecule has 52 valence electrons. The average Bonchev–Trinajstić information content (AvgIpc) is 2.49. The number of carboxylic acids is 1. The fourth-order valence-corrected chi connectivity index (χ4v) is 0.855. The molecule has 0 aromatic rings. The quantitative estimate of drug-likeness (QED) is 0.474. The van der Waals surface area contributed by atoms with Crippen LogP contribution in [0.3, 0.4) is 0 Å². The van der Waals surface area contributed by atoms with E-state index in [2.05, 4.69) is 0 Å². The van der Waals surface area contributed by atoms with Crippen LogP contribution < -0.4 is 5.11 Å². The Balaban J connectivity index is 2.43. The molecule has 3 nitrogen and oxygen atoms in total. The number of aliphatic carboxylic acids is 1. The van der Waals surface area contributed by atoms with Crippen LogP contribution in [0, 0.1) is 0 Å². The highest BCUT2D eigenvalue weighted by Crippen LogP contribution is 2.30. The Morgan fingerprint density at radius 3 is 2.56 bits per heavy atom. The lowest BCUT2D eigenvalue weighted by Crippen LogP contribution is -2.38. The Hall–Kier alpha value is -0.570. The number of carboxylic acid groups (broad SMARTS) is 1. The van der Waals surface area contributed by atoms with Gasteiger partial charge in [-0.3, -0.25) is 0 Å². The molecule has 0 aliphatic carbocycles. The second-order valence-electron chi connectivity index (χ2n) is 2.32. The predicted molar refractivity (Wildman–Crippen MR) is 28.6 cm³/mol. The first kappa shape index (κ1) is 6.55. The number of carbonyl (C=O) groups is 1. The van der Waals surface area contributed by atoms with E-state index in [0.29, 0.717) is 13.0 Å². The van der Waals surface area contributed by atoms with E-state index in [9.17, 15) is 9.90 Å². The van der Waals surface area contributed by atoms with Crippen LogP contribution in [0.2, 0.25) is 0 Å². The second-order valence-corrected chi connectivity index (χ2v) is 2.32. The van der Waals surface area contributed by atoms with Crippen LogP contribution in [-0.2, 0) is 9.53 Å². The van der Waals surface area contributed by atoms with Gasteiger partial charge < -0.3 is 14.6 Å². The SMILES string of the molecule is CCCC1(C(=O)[O-])CO1. The maximum Gasteiger partial charge on any atom is 0.131 e. The molecule has 1 heterocycles. The third kappa shape index (κ3) is 1.05. The van der Waals surface area contributed by atoms with Crippen molar-refractivity contribution in [3.8, 4) is 0 Å². The molecule has 9 heavy (non-hydrogen) atoms. The van der Waals surface area contributed by atoms with Gasteiger partial charge in [0.25, 0.3) is 0 Å². The third-order valence-electron chi connectivity index (χ3n) is 1.52. The highest BCUT2D eigenvalue weighted by atomic mass is 16.6. The summed E-state index contributed by atoms with van der Waals surface area (Å²) in [5.41, 5.74) is -0.894. The maximum absolute atomic E-state index is 10.2. The highest BCUT2D eigenvalue weighted by Gasteiger charge is 2.45. The van der Waals surface area contributed by atoms with E-state index in [4.69, 9.17) is 4.74 Å². The summed E-state index contributed by atoms with van der Waals surface area (Å²) < 4.78 is 4.74. The van der Waals surface area contributed by atoms with Gasteiger partial charge in [-0.15, -0.1) is 0 Å². The molecule has 1 saturated heterocycles. The molecule has 0 amide bonds. The van der Waals surface area contributed by atoms with E-state index >= 15 is 0 Å². The molecule has 1 fully saturated rings. The minimum atomic E-state index is -1.07. The molecule has 0 spiro atoms. The van der Waals surface area contributed by atoms with Gasteiger partial charge in [0.05, 0.1) is 12.6 Å². The highest BCUT2D eigenvalue weighted by molar-refractivity contribution is 5.78. The second kappa shape index (κ2) is 1.99. The first-order chi connectivity index (χ1) is 4.21. The fourth-order valence-electron chi connectivity index (χ4n) is 0.855. The molecule has 1 rings (SSSR count). The van der Waals surface area contributed by atoms with Gasteiger partial charge >= 0.3 is 0 Å². The molecule has 3 heteroatoms. The van der Waals surface area contributed by atoms with E-state index in [1.807, 2.05) is 6.92 Å². The summed E-state index contributed by atoms with van der Waals surface area (Å²) in [5, 5.41) is 10.2. The summed E-state index contributed by atoms with van der Waals surface area (Å²) in [7, 11) is 0. The van der Waals surface area contributed by atoms with E-state index < -0.39 is 11.6 Å². The topological polar surface area (TPSA) is 52.7 Å². The van der Waals surface area contributed by atoms with Crippen LogP contribution >= 0.6 is 0 Å². The molecule has 1 aliphatic heterocycles. The lowest BCUT2D eigenvalue weighted by atomic mass is 10.1. The normalized spacial score (nSPS) is 32.1. The van der Waals surface area contributed by atoms with Gasteiger partial charge in [0.1, 0.15) is 5.60 Å². The van der Waals surface area contributed by atoms with Crippen LogP contribution in [0.25, 0.3) is 0 Å². The van der Waals surface area contributed by atoms with Gasteiger partial charge in [-0.25, -0.2) is 0 Å². The molecule has 0 aromatic carbocycles. The number of epoxide rings is 1. The van der Waals surface area contributed by atoms with Crippen molar-refractivity contribution in [1.82, 2.24) is 0 Å². The van der Waals surface area contributed by atoms with Gasteiger partial charge in [0.2, 0.25) is 0 Å². The van der Waals surface area contributed by atoms with Crippen molar-refractivity contribution in [3.05, 3.63) is 0 Å². The number of rotatable bonds is 3. The van der Waals surface area contributed by atoms with Gasteiger partial charge in [0, 0.05) is 0 Å². The van der Waals surface area contributed by atoms with Gasteiger partial charge in [-0.1, -0.05) is 13.3 Å². The number of carbonyl (C=O) groups excluding carboxylic acids is 1. The van der Waals surface area contributed by atoms with Crippen molar-refractivity contribution in [2.45, 2.75) is 25.4 Å². The summed E-state index contributed by atoms with van der Waals surface area (Å²) >= 11 is 0. The molecule has 1 aliphatic rings. The van der Waals surface area contributed by atoms with Crippen molar-refractivity contribution >= 4 is 5.97 Å². The molecule has 1 unspecified atom stereocenters. The standard InChI is InChI=1S/C6H10O3/c1-2-3-6(4-9-6)5(7)8/h2-4H2,1H3,(H,7,8)/p-1. The molecular weight excluding hydrogens is 120 g/mol. The van der Waals surface area contributed by atoms with Crippen molar-refractivity contribution in [1.29, 1.82) is 0 Å². The Bertz CT molecular complexity index is 126. The van der Waals surface area contributed by atoms with Crippen molar-refractivity contribution in [3.63, 3.8) is 0 Å². The summed E-state index contributed by atoms with van der Waals surface area (Å²) in [6.07, 6.45) is 1.41. The zero-order valence-electron chi connectivity index (χ0n) is 5.35. The Morgan fingerprint density at radius 1 is 1.89 bits per heavy atom. The monoisotopic (exact) mass is 129 g/mol. The van der Waals surface area contributed by atoms with E-state index in [0.717, 1.165) is 6.42 Å². The molecule has 0 saturated carbocycles. The third-order valence-corrected chi connectivity index (χ3v) is 1.52. The number of hydrogen-bond acceptors (Lipinski definition) is 3. The molecule has 0 radical (unpaired) electrons. The largest absolute Gasteiger partial charge is 0.547 e. The maximum atomic E-state index is 10.2. The van der Waals surface area contributed by atoms with E-state index in [1.165, 1.54) is 0 Å². The Kier molecular flexibility index (Phi) is 1.45. The zero-order chi connectivity index (χ0) is 6.91. The van der Waals surface area contributed by atoms with Crippen LogP contribution in [0.4, 0.5) is 0 Å². The van der Waals surface area contributed by atoms with Gasteiger partial charge in [-0.05, 0) is 6.42 Å². The van der Waals surface area contributed by atoms with Crippen molar-refractivity contribution in [2.75, 3.05) is 6.61 Å². The number of ether oxygens (including phenoxy) is 1. The first-order valence-electron chi connectivity index (χ1n) is 3.07. The Morgan fingerprint density at radius 2 is 2.44 bits per heavy atom. The lowest BCUT2D eigenvalue weighted by Gasteiger charge is -2.09. The summed E-state index contributed by atoms with van der Waals surface area (Å²) in [4.78, 5) is 10.2. The summed E-state index contributed by atoms with van der Waals surface area (Å²) in [6, 6.07) is 0. The van der Waals surface area contributed by atoms with Gasteiger partial charge in [-0.2, -0.15) is 0 Å². The predicted octanol–water partition coefficient (Wildman–Crippen LogP) is -0.695. The van der Waals surface area contributed by atoms with Crippen molar-refractivity contribution in [2.24, 2.45) is 0 Å². The summed E-state index contributed by atoms with van der Waals surface area (Å²) in [5.74, 6) is -1.07. The molecule has 0 bridgehead atoms. The van der Waals surface area contributed by atoms with Crippen LogP contribution in [0.15, 0.2) is 0 Å².